The molecule has 1 amide bonds. The van der Waals surface area contributed by atoms with Crippen molar-refractivity contribution in [3.05, 3.63) is 66.5 Å². The first-order valence-electron chi connectivity index (χ1n) is 9.11. The molecule has 1 saturated heterocycles. The van der Waals surface area contributed by atoms with Crippen molar-refractivity contribution >= 4 is 23.1 Å². The van der Waals surface area contributed by atoms with E-state index in [4.69, 9.17) is 9.15 Å². The number of nitrogens with zero attached hydrogens (tertiary/aromatic N) is 3. The van der Waals surface area contributed by atoms with E-state index in [0.717, 1.165) is 30.2 Å². The van der Waals surface area contributed by atoms with Gasteiger partial charge in [0.15, 0.2) is 0 Å². The Kier molecular flexibility index (Phi) is 5.48. The molecule has 2 aromatic heterocycles. The van der Waals surface area contributed by atoms with Crippen LogP contribution in [0.4, 0.5) is 17.2 Å². The van der Waals surface area contributed by atoms with Crippen LogP contribution in [0.25, 0.3) is 0 Å². The zero-order valence-electron chi connectivity index (χ0n) is 15.3. The number of carbonyl (C=O) groups is 1. The summed E-state index contributed by atoms with van der Waals surface area (Å²) in [6.45, 7) is 3.42. The number of furan rings is 1. The summed E-state index contributed by atoms with van der Waals surface area (Å²) in [6, 6.07) is 13.1. The molecule has 1 aliphatic heterocycles. The molecule has 2 N–H and O–H groups in total. The molecule has 4 rings (SSSR count). The zero-order valence-corrected chi connectivity index (χ0v) is 15.3. The van der Waals surface area contributed by atoms with Crippen LogP contribution in [-0.2, 0) is 11.3 Å². The van der Waals surface area contributed by atoms with Gasteiger partial charge in [0, 0.05) is 19.2 Å². The lowest BCUT2D eigenvalue weighted by Gasteiger charge is -2.30. The Morgan fingerprint density at radius 3 is 2.79 bits per heavy atom. The van der Waals surface area contributed by atoms with Crippen molar-refractivity contribution in [2.24, 2.45) is 0 Å². The van der Waals surface area contributed by atoms with Crippen LogP contribution in [0.5, 0.6) is 0 Å². The first-order valence-corrected chi connectivity index (χ1v) is 9.11. The average Bonchev–Trinajstić information content (AvgIpc) is 3.27. The predicted octanol–water partition coefficient (Wildman–Crippen LogP) is 2.77. The number of hydrogen-bond donors (Lipinski definition) is 2. The molecule has 144 valence electrons. The van der Waals surface area contributed by atoms with E-state index in [1.54, 1.807) is 12.3 Å². The number of aromatic nitrogens is 2. The number of amides is 1. The summed E-state index contributed by atoms with van der Waals surface area (Å²) in [6.07, 6.45) is 2.98. The van der Waals surface area contributed by atoms with E-state index in [0.29, 0.717) is 25.6 Å². The van der Waals surface area contributed by atoms with E-state index >= 15 is 0 Å². The van der Waals surface area contributed by atoms with E-state index in [2.05, 4.69) is 25.5 Å². The first-order chi connectivity index (χ1) is 13.8. The molecule has 1 aliphatic rings. The quantitative estimate of drug-likeness (QED) is 0.680. The first kappa shape index (κ1) is 18.0. The summed E-state index contributed by atoms with van der Waals surface area (Å²) >= 11 is 0. The third-order valence-corrected chi connectivity index (χ3v) is 4.43. The van der Waals surface area contributed by atoms with Crippen molar-refractivity contribution < 1.29 is 13.9 Å². The Morgan fingerprint density at radius 1 is 1.11 bits per heavy atom. The molecule has 3 aromatic rings. The topological polar surface area (TPSA) is 92.5 Å². The number of benzene rings is 1. The van der Waals surface area contributed by atoms with Gasteiger partial charge >= 0.3 is 0 Å². The van der Waals surface area contributed by atoms with Crippen LogP contribution in [-0.4, -0.2) is 42.2 Å². The lowest BCUT2D eigenvalue weighted by atomic mass is 10.2. The van der Waals surface area contributed by atoms with Gasteiger partial charge in [0.1, 0.15) is 23.6 Å². The Morgan fingerprint density at radius 2 is 1.96 bits per heavy atom. The SMILES string of the molecule is O=C(Nc1ccccc1N1CCOCC1)c1cc(NCc2ccco2)ncn1. The minimum atomic E-state index is -0.288. The molecule has 0 aliphatic carbocycles. The van der Waals surface area contributed by atoms with E-state index in [1.807, 2.05) is 36.4 Å². The molecule has 0 atom stereocenters. The molecule has 28 heavy (non-hydrogen) atoms. The second kappa shape index (κ2) is 8.53. The maximum absolute atomic E-state index is 12.7. The van der Waals surface area contributed by atoms with Crippen LogP contribution >= 0.6 is 0 Å². The molecule has 0 radical (unpaired) electrons. The van der Waals surface area contributed by atoms with Crippen molar-refractivity contribution in [3.63, 3.8) is 0 Å². The Hall–Kier alpha value is -3.39. The van der Waals surface area contributed by atoms with E-state index in [1.165, 1.54) is 6.33 Å². The summed E-state index contributed by atoms with van der Waals surface area (Å²) in [7, 11) is 0. The third kappa shape index (κ3) is 4.29. The van der Waals surface area contributed by atoms with E-state index < -0.39 is 0 Å². The van der Waals surface area contributed by atoms with E-state index in [-0.39, 0.29) is 11.6 Å². The van der Waals surface area contributed by atoms with Crippen molar-refractivity contribution in [2.45, 2.75) is 6.54 Å². The summed E-state index contributed by atoms with van der Waals surface area (Å²) in [5, 5.41) is 6.09. The lowest BCUT2D eigenvalue weighted by molar-refractivity contribution is 0.102. The Bertz CT molecular complexity index is 923. The van der Waals surface area contributed by atoms with Crippen molar-refractivity contribution in [2.75, 3.05) is 41.8 Å². The number of nitrogens with one attached hydrogen (secondary N) is 2. The molecular weight excluding hydrogens is 358 g/mol. The fraction of sp³-hybridized carbons (Fsp3) is 0.250. The number of morpholine rings is 1. The Balaban J connectivity index is 1.46. The third-order valence-electron chi connectivity index (χ3n) is 4.43. The lowest BCUT2D eigenvalue weighted by Crippen LogP contribution is -2.36. The number of carbonyl (C=O) groups excluding carboxylic acids is 1. The second-order valence-corrected chi connectivity index (χ2v) is 6.29. The fourth-order valence-corrected chi connectivity index (χ4v) is 3.01. The van der Waals surface area contributed by atoms with Gasteiger partial charge in [-0.25, -0.2) is 9.97 Å². The summed E-state index contributed by atoms with van der Waals surface area (Å²) in [5.41, 5.74) is 2.01. The highest BCUT2D eigenvalue weighted by molar-refractivity contribution is 6.05. The molecular formula is C20H21N5O3. The highest BCUT2D eigenvalue weighted by atomic mass is 16.5. The minimum Gasteiger partial charge on any atom is -0.467 e. The van der Waals surface area contributed by atoms with Gasteiger partial charge in [0.25, 0.3) is 5.91 Å². The van der Waals surface area contributed by atoms with Gasteiger partial charge in [-0.2, -0.15) is 0 Å². The van der Waals surface area contributed by atoms with Crippen LogP contribution < -0.4 is 15.5 Å². The van der Waals surface area contributed by atoms with Crippen molar-refractivity contribution in [3.8, 4) is 0 Å². The minimum absolute atomic E-state index is 0.286. The number of para-hydroxylation sites is 2. The average molecular weight is 379 g/mol. The van der Waals surface area contributed by atoms with Gasteiger partial charge in [-0.05, 0) is 24.3 Å². The highest BCUT2D eigenvalue weighted by Gasteiger charge is 2.17. The van der Waals surface area contributed by atoms with Gasteiger partial charge in [0.05, 0.1) is 37.4 Å². The molecule has 8 heteroatoms. The number of ether oxygens (including phenoxy) is 1. The zero-order chi connectivity index (χ0) is 19.2. The van der Waals surface area contributed by atoms with Gasteiger partial charge in [-0.1, -0.05) is 12.1 Å². The van der Waals surface area contributed by atoms with Gasteiger partial charge in [-0.15, -0.1) is 0 Å². The molecule has 1 aromatic carbocycles. The fourth-order valence-electron chi connectivity index (χ4n) is 3.01. The van der Waals surface area contributed by atoms with Gasteiger partial charge < -0.3 is 24.7 Å². The van der Waals surface area contributed by atoms with Crippen LogP contribution in [0.2, 0.25) is 0 Å². The normalized spacial score (nSPS) is 13.9. The Labute approximate surface area is 162 Å². The van der Waals surface area contributed by atoms with Crippen LogP contribution in [0.1, 0.15) is 16.2 Å². The maximum atomic E-state index is 12.7. The largest absolute Gasteiger partial charge is 0.467 e. The number of hydrogen-bond acceptors (Lipinski definition) is 7. The molecule has 0 spiro atoms. The van der Waals surface area contributed by atoms with Crippen molar-refractivity contribution in [1.82, 2.24) is 9.97 Å². The van der Waals surface area contributed by atoms with E-state index in [9.17, 15) is 4.79 Å². The summed E-state index contributed by atoms with van der Waals surface area (Å²) in [5.74, 6) is 1.05. The molecule has 0 saturated carbocycles. The van der Waals surface area contributed by atoms with Crippen LogP contribution in [0.3, 0.4) is 0 Å². The van der Waals surface area contributed by atoms with Gasteiger partial charge in [0.2, 0.25) is 0 Å². The molecule has 1 fully saturated rings. The second-order valence-electron chi connectivity index (χ2n) is 6.29. The highest BCUT2D eigenvalue weighted by Crippen LogP contribution is 2.26. The standard InChI is InChI=1S/C20H21N5O3/c26-20(17-12-19(23-14-22-17)21-13-15-4-3-9-28-15)24-16-5-1-2-6-18(16)25-7-10-27-11-8-25/h1-6,9,12,14H,7-8,10-11,13H2,(H,24,26)(H,21,22,23). The van der Waals surface area contributed by atoms with Crippen molar-refractivity contribution in [1.29, 1.82) is 0 Å². The predicted molar refractivity (Wildman–Crippen MR) is 105 cm³/mol. The molecule has 3 heterocycles. The summed E-state index contributed by atoms with van der Waals surface area (Å²) in [4.78, 5) is 23.2. The smallest absolute Gasteiger partial charge is 0.274 e. The van der Waals surface area contributed by atoms with Gasteiger partial charge in [-0.3, -0.25) is 4.79 Å². The number of rotatable bonds is 6. The summed E-state index contributed by atoms with van der Waals surface area (Å²) < 4.78 is 10.7. The number of anilines is 3. The van der Waals surface area contributed by atoms with Crippen LogP contribution in [0.15, 0.2) is 59.5 Å². The molecule has 0 unspecified atom stereocenters. The maximum Gasteiger partial charge on any atom is 0.274 e. The van der Waals surface area contributed by atoms with Crippen LogP contribution in [0, 0.1) is 0 Å². The monoisotopic (exact) mass is 379 g/mol. The molecule has 0 bridgehead atoms. The molecule has 8 nitrogen and oxygen atoms in total.